The fraction of sp³-hybridized carbons (Fsp3) is 0.379. The summed E-state index contributed by atoms with van der Waals surface area (Å²) >= 11 is 0. The van der Waals surface area contributed by atoms with Gasteiger partial charge in [0.1, 0.15) is 18.0 Å². The van der Waals surface area contributed by atoms with Crippen molar-refractivity contribution in [3.63, 3.8) is 0 Å². The lowest BCUT2D eigenvalue weighted by Gasteiger charge is -2.37. The summed E-state index contributed by atoms with van der Waals surface area (Å²) in [6, 6.07) is 7.52. The quantitative estimate of drug-likeness (QED) is 0.343. The van der Waals surface area contributed by atoms with Gasteiger partial charge >= 0.3 is 0 Å². The molecule has 0 aliphatic heterocycles. The monoisotopic (exact) mass is 511 g/mol. The molecule has 2 bridgehead atoms. The van der Waals surface area contributed by atoms with E-state index in [1.54, 1.807) is 23.3 Å². The molecule has 1 fully saturated rings. The Morgan fingerprint density at radius 2 is 1.89 bits per heavy atom. The van der Waals surface area contributed by atoms with Gasteiger partial charge in [0.05, 0.1) is 28.1 Å². The van der Waals surface area contributed by atoms with Gasteiger partial charge in [-0.2, -0.15) is 9.78 Å². The molecule has 0 unspecified atom stereocenters. The van der Waals surface area contributed by atoms with E-state index in [4.69, 9.17) is 11.4 Å². The summed E-state index contributed by atoms with van der Waals surface area (Å²) in [5.41, 5.74) is 1.48. The van der Waals surface area contributed by atoms with Gasteiger partial charge in [-0.15, -0.1) is 22.5 Å². The van der Waals surface area contributed by atoms with Crippen molar-refractivity contribution < 1.29 is 8.78 Å². The number of hydrogen-bond acceptors (Lipinski definition) is 6. The van der Waals surface area contributed by atoms with E-state index in [1.807, 2.05) is 19.9 Å². The van der Waals surface area contributed by atoms with Crippen LogP contribution < -0.4 is 0 Å². The number of fused-ring (bicyclic) bond motifs is 5. The summed E-state index contributed by atoms with van der Waals surface area (Å²) in [7, 11) is 0. The minimum atomic E-state index is -0.658. The van der Waals surface area contributed by atoms with Crippen LogP contribution in [0.25, 0.3) is 17.2 Å². The third-order valence-corrected chi connectivity index (χ3v) is 8.42. The molecule has 192 valence electrons. The third-order valence-electron chi connectivity index (χ3n) is 8.42. The lowest BCUT2D eigenvalue weighted by atomic mass is 9.66. The van der Waals surface area contributed by atoms with Crippen LogP contribution in [-0.4, -0.2) is 34.9 Å². The molecule has 7 nitrogen and oxygen atoms in total. The second kappa shape index (κ2) is 8.22. The first-order chi connectivity index (χ1) is 18.1. The van der Waals surface area contributed by atoms with Crippen molar-refractivity contribution in [2.24, 2.45) is 10.8 Å². The van der Waals surface area contributed by atoms with Crippen LogP contribution in [0.3, 0.4) is 0 Å². The van der Waals surface area contributed by atoms with E-state index in [2.05, 4.69) is 45.0 Å². The molecule has 0 saturated heterocycles. The minimum Gasteiger partial charge on any atom is -0.220 e. The second-order valence-electron chi connectivity index (χ2n) is 11.4. The Balaban J connectivity index is 1.43. The van der Waals surface area contributed by atoms with E-state index >= 15 is 0 Å². The van der Waals surface area contributed by atoms with E-state index in [0.717, 1.165) is 29.8 Å². The van der Waals surface area contributed by atoms with Crippen molar-refractivity contribution in [2.75, 3.05) is 0 Å². The molecule has 4 aromatic rings. The highest BCUT2D eigenvalue weighted by atomic mass is 19.1. The van der Waals surface area contributed by atoms with E-state index in [9.17, 15) is 8.78 Å². The Labute approximate surface area is 219 Å². The summed E-state index contributed by atoms with van der Waals surface area (Å²) < 4.78 is 30.6. The van der Waals surface area contributed by atoms with Crippen molar-refractivity contribution in [1.29, 1.82) is 0 Å². The number of hydrogen-bond donors (Lipinski definition) is 0. The molecular formula is C29H27F2N7. The van der Waals surface area contributed by atoms with Gasteiger partial charge < -0.3 is 0 Å². The SMILES string of the molecule is C#CC(C)(C)Cc1ncn(-c2nccc([C@@]34CC[C@@H](c5cc(-c6c(F)cccc6F)nnc53)C4(C)C)n2)n1. The number of terminal acetylenes is 1. The predicted molar refractivity (Wildman–Crippen MR) is 137 cm³/mol. The molecule has 6 rings (SSSR count). The van der Waals surface area contributed by atoms with Crippen LogP contribution in [0.2, 0.25) is 0 Å². The molecule has 0 N–H and O–H groups in total. The maximum absolute atomic E-state index is 14.5. The number of halogens is 2. The van der Waals surface area contributed by atoms with Crippen molar-refractivity contribution in [3.05, 3.63) is 77.3 Å². The lowest BCUT2D eigenvalue weighted by molar-refractivity contribution is 0.242. The average molecular weight is 512 g/mol. The Hall–Kier alpha value is -4.06. The van der Waals surface area contributed by atoms with Gasteiger partial charge in [0.25, 0.3) is 5.95 Å². The maximum Gasteiger partial charge on any atom is 0.252 e. The average Bonchev–Trinajstić information content (AvgIpc) is 3.51. The molecule has 0 radical (unpaired) electrons. The molecule has 0 spiro atoms. The number of benzene rings is 1. The van der Waals surface area contributed by atoms with Gasteiger partial charge in [0.15, 0.2) is 5.82 Å². The highest BCUT2D eigenvalue weighted by Gasteiger charge is 2.65. The van der Waals surface area contributed by atoms with Gasteiger partial charge in [0.2, 0.25) is 0 Å². The molecule has 3 heterocycles. The summed E-state index contributed by atoms with van der Waals surface area (Å²) in [6.07, 6.45) is 11.2. The number of aromatic nitrogens is 7. The summed E-state index contributed by atoms with van der Waals surface area (Å²) in [5, 5.41) is 13.5. The zero-order valence-electron chi connectivity index (χ0n) is 21.7. The Morgan fingerprint density at radius 3 is 2.63 bits per heavy atom. The van der Waals surface area contributed by atoms with Crippen LogP contribution in [0.15, 0.2) is 42.9 Å². The standard InChI is InChI=1S/C29H27F2N7/c1-6-27(2,3)15-23-33-16-38(37-23)26-32-13-11-22(34-26)29-12-10-18(28(29,4)5)17-14-21(35-36-25(17)29)24-19(30)8-7-9-20(24)31/h1,7-9,11,13-14,16,18H,10,12,15H2,2-5H3/t18-,29-/m0/s1. The maximum atomic E-state index is 14.5. The van der Waals surface area contributed by atoms with Gasteiger partial charge in [-0.05, 0) is 67.9 Å². The smallest absolute Gasteiger partial charge is 0.220 e. The molecule has 38 heavy (non-hydrogen) atoms. The van der Waals surface area contributed by atoms with Crippen molar-refractivity contribution in [3.8, 4) is 29.5 Å². The van der Waals surface area contributed by atoms with Gasteiger partial charge in [-0.3, -0.25) is 0 Å². The van der Waals surface area contributed by atoms with Crippen LogP contribution >= 0.6 is 0 Å². The molecule has 1 saturated carbocycles. The minimum absolute atomic E-state index is 0.143. The first kappa shape index (κ1) is 24.3. The second-order valence-corrected chi connectivity index (χ2v) is 11.4. The van der Waals surface area contributed by atoms with E-state index in [0.29, 0.717) is 18.2 Å². The summed E-state index contributed by atoms with van der Waals surface area (Å²) in [6.45, 7) is 8.33. The van der Waals surface area contributed by atoms with Crippen molar-refractivity contribution in [2.45, 2.75) is 58.3 Å². The van der Waals surface area contributed by atoms with Crippen LogP contribution in [0.5, 0.6) is 0 Å². The lowest BCUT2D eigenvalue weighted by Crippen LogP contribution is -2.38. The number of rotatable bonds is 5. The highest BCUT2D eigenvalue weighted by Crippen LogP contribution is 2.69. The summed E-state index contributed by atoms with van der Waals surface area (Å²) in [4.78, 5) is 13.8. The Bertz CT molecular complexity index is 1600. The molecule has 3 aromatic heterocycles. The van der Waals surface area contributed by atoms with Crippen molar-refractivity contribution in [1.82, 2.24) is 34.9 Å². The number of nitrogens with zero attached hydrogens (tertiary/aromatic N) is 7. The fourth-order valence-corrected chi connectivity index (χ4v) is 6.37. The van der Waals surface area contributed by atoms with Crippen molar-refractivity contribution >= 4 is 0 Å². The zero-order valence-corrected chi connectivity index (χ0v) is 21.7. The van der Waals surface area contributed by atoms with Crippen LogP contribution in [-0.2, 0) is 11.8 Å². The highest BCUT2D eigenvalue weighted by molar-refractivity contribution is 5.64. The molecule has 0 amide bonds. The normalized spacial score (nSPS) is 21.3. The topological polar surface area (TPSA) is 82.3 Å². The van der Waals surface area contributed by atoms with Crippen LogP contribution in [0.4, 0.5) is 8.78 Å². The van der Waals surface area contributed by atoms with Gasteiger partial charge in [0, 0.05) is 18.0 Å². The van der Waals surface area contributed by atoms with Crippen LogP contribution in [0, 0.1) is 34.8 Å². The molecular weight excluding hydrogens is 484 g/mol. The molecule has 1 aromatic carbocycles. The molecule has 2 atom stereocenters. The largest absolute Gasteiger partial charge is 0.252 e. The first-order valence-corrected chi connectivity index (χ1v) is 12.6. The van der Waals surface area contributed by atoms with E-state index < -0.39 is 17.0 Å². The third kappa shape index (κ3) is 3.39. The molecule has 2 aliphatic carbocycles. The molecule has 2 aliphatic rings. The van der Waals surface area contributed by atoms with E-state index in [-0.39, 0.29) is 28.0 Å². The fourth-order valence-electron chi connectivity index (χ4n) is 6.37. The molecule has 9 heteroatoms. The van der Waals surface area contributed by atoms with Gasteiger partial charge in [-0.1, -0.05) is 19.9 Å². The zero-order chi connectivity index (χ0) is 26.9. The first-order valence-electron chi connectivity index (χ1n) is 12.6. The Morgan fingerprint density at radius 1 is 1.13 bits per heavy atom. The summed E-state index contributed by atoms with van der Waals surface area (Å²) in [5.74, 6) is 2.61. The van der Waals surface area contributed by atoms with E-state index in [1.165, 1.54) is 18.2 Å². The van der Waals surface area contributed by atoms with Crippen LogP contribution in [0.1, 0.15) is 69.2 Å². The van der Waals surface area contributed by atoms with Gasteiger partial charge in [-0.25, -0.2) is 23.7 Å². The Kier molecular flexibility index (Phi) is 5.25. The predicted octanol–water partition coefficient (Wildman–Crippen LogP) is 5.20.